The van der Waals surface area contributed by atoms with Crippen LogP contribution in [0.4, 0.5) is 5.82 Å². The molecule has 116 valence electrons. The molecule has 2 aromatic heterocycles. The van der Waals surface area contributed by atoms with E-state index >= 15 is 0 Å². The Morgan fingerprint density at radius 1 is 1.22 bits per heavy atom. The zero-order valence-corrected chi connectivity index (χ0v) is 12.5. The van der Waals surface area contributed by atoms with E-state index in [1.807, 2.05) is 36.5 Å². The van der Waals surface area contributed by atoms with Gasteiger partial charge in [0.15, 0.2) is 5.82 Å². The Morgan fingerprint density at radius 3 is 2.74 bits per heavy atom. The molecule has 1 aliphatic carbocycles. The van der Waals surface area contributed by atoms with Crippen LogP contribution >= 0.6 is 0 Å². The number of nitrogens with zero attached hydrogens (tertiary/aromatic N) is 2. The van der Waals surface area contributed by atoms with Gasteiger partial charge in [-0.25, -0.2) is 0 Å². The molecule has 0 spiro atoms. The van der Waals surface area contributed by atoms with Gasteiger partial charge in [0.05, 0.1) is 12.6 Å². The van der Waals surface area contributed by atoms with Gasteiger partial charge in [0, 0.05) is 29.4 Å². The Hall–Kier alpha value is -2.89. The quantitative estimate of drug-likeness (QED) is 0.677. The van der Waals surface area contributed by atoms with Crippen molar-refractivity contribution in [3.05, 3.63) is 54.0 Å². The van der Waals surface area contributed by atoms with Crippen molar-refractivity contribution in [3.63, 3.8) is 0 Å². The van der Waals surface area contributed by atoms with Gasteiger partial charge in [0.1, 0.15) is 0 Å². The van der Waals surface area contributed by atoms with E-state index in [0.717, 1.165) is 22.4 Å². The van der Waals surface area contributed by atoms with Gasteiger partial charge < -0.3 is 5.32 Å². The standard InChI is InChI=1S/C17H17N5O/c23-17(20-16-8-15(21-22-16)13-5-6-13)7-11-1-3-12(4-2-11)14-9-18-19-10-14/h1-4,8-10,13H,5-7H2,(H,18,19)(H2,20,21,22,23). The van der Waals surface area contributed by atoms with Crippen LogP contribution in [0.5, 0.6) is 0 Å². The fraction of sp³-hybridized carbons (Fsp3) is 0.235. The van der Waals surface area contributed by atoms with Gasteiger partial charge in [0.25, 0.3) is 0 Å². The molecular formula is C17H17N5O. The summed E-state index contributed by atoms with van der Waals surface area (Å²) in [6, 6.07) is 9.84. The summed E-state index contributed by atoms with van der Waals surface area (Å²) in [5.41, 5.74) is 4.19. The van der Waals surface area contributed by atoms with Crippen LogP contribution in [0.3, 0.4) is 0 Å². The second-order valence-corrected chi connectivity index (χ2v) is 5.89. The lowest BCUT2D eigenvalue weighted by Crippen LogP contribution is -2.14. The Morgan fingerprint density at radius 2 is 2.04 bits per heavy atom. The highest BCUT2D eigenvalue weighted by Crippen LogP contribution is 2.39. The van der Waals surface area contributed by atoms with Gasteiger partial charge in [-0.15, -0.1) is 0 Å². The van der Waals surface area contributed by atoms with E-state index in [9.17, 15) is 4.79 Å². The minimum atomic E-state index is -0.0603. The highest BCUT2D eigenvalue weighted by molar-refractivity contribution is 5.91. The summed E-state index contributed by atoms with van der Waals surface area (Å²) in [6.45, 7) is 0. The first-order valence-corrected chi connectivity index (χ1v) is 7.71. The third-order valence-corrected chi connectivity index (χ3v) is 4.03. The third-order valence-electron chi connectivity index (χ3n) is 4.03. The molecule has 3 N–H and O–H groups in total. The molecule has 1 aromatic carbocycles. The number of aromatic amines is 2. The van der Waals surface area contributed by atoms with E-state index in [-0.39, 0.29) is 5.91 Å². The lowest BCUT2D eigenvalue weighted by molar-refractivity contribution is -0.115. The van der Waals surface area contributed by atoms with Crippen molar-refractivity contribution in [2.75, 3.05) is 5.32 Å². The SMILES string of the molecule is O=C(Cc1ccc(-c2cn[nH]c2)cc1)Nc1cc(C2CC2)[nH]n1. The van der Waals surface area contributed by atoms with Crippen LogP contribution in [0.15, 0.2) is 42.7 Å². The molecule has 1 amide bonds. The fourth-order valence-corrected chi connectivity index (χ4v) is 2.60. The minimum absolute atomic E-state index is 0.0603. The summed E-state index contributed by atoms with van der Waals surface area (Å²) in [5.74, 6) is 1.14. The minimum Gasteiger partial charge on any atom is -0.309 e. The van der Waals surface area contributed by atoms with Crippen molar-refractivity contribution in [3.8, 4) is 11.1 Å². The molecule has 6 heteroatoms. The summed E-state index contributed by atoms with van der Waals surface area (Å²) >= 11 is 0. The van der Waals surface area contributed by atoms with Crippen LogP contribution in [0.1, 0.15) is 30.0 Å². The van der Waals surface area contributed by atoms with Crippen LogP contribution in [0.25, 0.3) is 11.1 Å². The van der Waals surface area contributed by atoms with Gasteiger partial charge in [-0.3, -0.25) is 15.0 Å². The Balaban J connectivity index is 1.37. The zero-order chi connectivity index (χ0) is 15.6. The number of hydrogen-bond acceptors (Lipinski definition) is 3. The summed E-state index contributed by atoms with van der Waals surface area (Å²) in [4.78, 5) is 12.1. The molecule has 3 aromatic rings. The predicted molar refractivity (Wildman–Crippen MR) is 86.9 cm³/mol. The van der Waals surface area contributed by atoms with Gasteiger partial charge in [-0.1, -0.05) is 24.3 Å². The molecule has 0 radical (unpaired) electrons. The molecule has 6 nitrogen and oxygen atoms in total. The first-order chi connectivity index (χ1) is 11.3. The third kappa shape index (κ3) is 3.15. The van der Waals surface area contributed by atoms with Crippen LogP contribution in [0.2, 0.25) is 0 Å². The first-order valence-electron chi connectivity index (χ1n) is 7.71. The molecule has 0 unspecified atom stereocenters. The van der Waals surface area contributed by atoms with E-state index in [1.54, 1.807) is 6.20 Å². The van der Waals surface area contributed by atoms with Gasteiger partial charge in [0.2, 0.25) is 5.91 Å². The number of carbonyl (C=O) groups excluding carboxylic acids is 1. The number of nitrogens with one attached hydrogen (secondary N) is 3. The number of hydrogen-bond donors (Lipinski definition) is 3. The van der Waals surface area contributed by atoms with Crippen LogP contribution in [-0.2, 0) is 11.2 Å². The topological polar surface area (TPSA) is 86.5 Å². The maximum absolute atomic E-state index is 12.1. The van der Waals surface area contributed by atoms with Crippen molar-refractivity contribution < 1.29 is 4.79 Å². The Labute approximate surface area is 133 Å². The fourth-order valence-electron chi connectivity index (χ4n) is 2.60. The number of anilines is 1. The average molecular weight is 307 g/mol. The van der Waals surface area contributed by atoms with Gasteiger partial charge in [-0.2, -0.15) is 10.2 Å². The second-order valence-electron chi connectivity index (χ2n) is 5.89. The molecule has 1 saturated carbocycles. The molecular weight excluding hydrogens is 290 g/mol. The van der Waals surface area contributed by atoms with Crippen molar-refractivity contribution in [2.24, 2.45) is 0 Å². The molecule has 23 heavy (non-hydrogen) atoms. The molecule has 0 saturated heterocycles. The van der Waals surface area contributed by atoms with E-state index in [0.29, 0.717) is 18.2 Å². The van der Waals surface area contributed by atoms with E-state index < -0.39 is 0 Å². The highest BCUT2D eigenvalue weighted by Gasteiger charge is 2.25. The van der Waals surface area contributed by atoms with Crippen LogP contribution < -0.4 is 5.32 Å². The van der Waals surface area contributed by atoms with E-state index in [4.69, 9.17) is 0 Å². The number of rotatable bonds is 5. The Kier molecular flexibility index (Phi) is 3.42. The van der Waals surface area contributed by atoms with Crippen molar-refractivity contribution in [2.45, 2.75) is 25.2 Å². The molecule has 4 rings (SSSR count). The smallest absolute Gasteiger partial charge is 0.229 e. The average Bonchev–Trinajstić information content (AvgIpc) is 3.07. The number of benzene rings is 1. The van der Waals surface area contributed by atoms with Crippen molar-refractivity contribution in [1.82, 2.24) is 20.4 Å². The van der Waals surface area contributed by atoms with Gasteiger partial charge in [-0.05, 0) is 24.0 Å². The molecule has 1 aliphatic rings. The summed E-state index contributed by atoms with van der Waals surface area (Å²) in [5, 5.41) is 16.7. The number of H-pyrrole nitrogens is 2. The van der Waals surface area contributed by atoms with Crippen molar-refractivity contribution in [1.29, 1.82) is 0 Å². The maximum atomic E-state index is 12.1. The lowest BCUT2D eigenvalue weighted by Gasteiger charge is -2.03. The lowest BCUT2D eigenvalue weighted by atomic mass is 10.1. The normalized spacial score (nSPS) is 13.9. The predicted octanol–water partition coefficient (Wildman–Crippen LogP) is 2.86. The van der Waals surface area contributed by atoms with E-state index in [1.165, 1.54) is 12.8 Å². The largest absolute Gasteiger partial charge is 0.309 e. The number of carbonyl (C=O) groups is 1. The molecule has 0 bridgehead atoms. The molecule has 1 fully saturated rings. The summed E-state index contributed by atoms with van der Waals surface area (Å²) in [7, 11) is 0. The van der Waals surface area contributed by atoms with Crippen LogP contribution in [-0.4, -0.2) is 26.3 Å². The molecule has 0 aliphatic heterocycles. The summed E-state index contributed by atoms with van der Waals surface area (Å²) < 4.78 is 0. The Bertz CT molecular complexity index is 800. The first kappa shape index (κ1) is 13.8. The zero-order valence-electron chi connectivity index (χ0n) is 12.5. The molecule has 0 atom stereocenters. The van der Waals surface area contributed by atoms with Crippen LogP contribution in [0, 0.1) is 0 Å². The maximum Gasteiger partial charge on any atom is 0.229 e. The van der Waals surface area contributed by atoms with Gasteiger partial charge >= 0.3 is 0 Å². The molecule has 2 heterocycles. The van der Waals surface area contributed by atoms with Crippen molar-refractivity contribution >= 4 is 11.7 Å². The number of aromatic nitrogens is 4. The number of amides is 1. The monoisotopic (exact) mass is 307 g/mol. The second kappa shape index (κ2) is 5.72. The summed E-state index contributed by atoms with van der Waals surface area (Å²) in [6.07, 6.45) is 6.36. The highest BCUT2D eigenvalue weighted by atomic mass is 16.1. The van der Waals surface area contributed by atoms with E-state index in [2.05, 4.69) is 25.7 Å².